The van der Waals surface area contributed by atoms with Crippen LogP contribution in [0.4, 0.5) is 13.2 Å². The van der Waals surface area contributed by atoms with Crippen molar-refractivity contribution in [2.24, 2.45) is 0 Å². The van der Waals surface area contributed by atoms with Crippen molar-refractivity contribution >= 4 is 21.9 Å². The first-order valence-electron chi connectivity index (χ1n) is 4.77. The second-order valence-corrected chi connectivity index (χ2v) is 3.62. The number of phenols is 1. The average Bonchev–Trinajstić information content (AvgIpc) is 2.69. The van der Waals surface area contributed by atoms with Crippen molar-refractivity contribution in [3.63, 3.8) is 0 Å². The highest BCUT2D eigenvalue weighted by atomic mass is 19.2. The predicted octanol–water partition coefficient (Wildman–Crippen LogP) is 3.71. The fourth-order valence-corrected chi connectivity index (χ4v) is 1.80. The number of hydrogen-bond donors (Lipinski definition) is 1. The van der Waals surface area contributed by atoms with Gasteiger partial charge < -0.3 is 9.52 Å². The number of rotatable bonds is 0. The third-order valence-corrected chi connectivity index (χ3v) is 2.62. The lowest BCUT2D eigenvalue weighted by atomic mass is 10.1. The van der Waals surface area contributed by atoms with Crippen LogP contribution in [0.1, 0.15) is 0 Å². The molecule has 2 nitrogen and oxygen atoms in total. The van der Waals surface area contributed by atoms with E-state index in [-0.39, 0.29) is 21.9 Å². The molecule has 0 radical (unpaired) electrons. The van der Waals surface area contributed by atoms with Crippen LogP contribution in [0.5, 0.6) is 5.75 Å². The number of halogens is 3. The second-order valence-electron chi connectivity index (χ2n) is 3.62. The van der Waals surface area contributed by atoms with Gasteiger partial charge in [-0.2, -0.15) is 8.78 Å². The Morgan fingerprint density at radius 2 is 1.41 bits per heavy atom. The van der Waals surface area contributed by atoms with Crippen LogP contribution in [0, 0.1) is 17.5 Å². The van der Waals surface area contributed by atoms with Gasteiger partial charge in [-0.25, -0.2) is 4.39 Å². The fourth-order valence-electron chi connectivity index (χ4n) is 1.80. The van der Waals surface area contributed by atoms with Gasteiger partial charge in [0.25, 0.3) is 0 Å². The molecule has 0 fully saturated rings. The molecular weight excluding hydrogens is 233 g/mol. The predicted molar refractivity (Wildman–Crippen MR) is 55.3 cm³/mol. The Kier molecular flexibility index (Phi) is 1.86. The Labute approximate surface area is 92.9 Å². The summed E-state index contributed by atoms with van der Waals surface area (Å²) in [5.74, 6) is -3.82. The summed E-state index contributed by atoms with van der Waals surface area (Å²) >= 11 is 0. The molecule has 0 unspecified atom stereocenters. The van der Waals surface area contributed by atoms with Crippen molar-refractivity contribution in [3.05, 3.63) is 41.7 Å². The zero-order valence-electron chi connectivity index (χ0n) is 8.30. The summed E-state index contributed by atoms with van der Waals surface area (Å²) in [5.41, 5.74) is -0.644. The monoisotopic (exact) mass is 238 g/mol. The van der Waals surface area contributed by atoms with E-state index in [9.17, 15) is 13.2 Å². The van der Waals surface area contributed by atoms with Gasteiger partial charge in [0.15, 0.2) is 22.7 Å². The first kappa shape index (κ1) is 10.0. The van der Waals surface area contributed by atoms with E-state index < -0.39 is 23.2 Å². The van der Waals surface area contributed by atoms with Gasteiger partial charge in [0.2, 0.25) is 11.6 Å². The van der Waals surface area contributed by atoms with Crippen molar-refractivity contribution in [2.45, 2.75) is 0 Å². The third-order valence-electron chi connectivity index (χ3n) is 2.62. The standard InChI is InChI=1S/C12H5F3O2/c13-7-3-1-5-6-2-4-8(16)10(15)12(6)17-11(5)9(7)14/h1-4,16H. The topological polar surface area (TPSA) is 33.4 Å². The molecule has 0 saturated carbocycles. The Morgan fingerprint density at radius 1 is 0.824 bits per heavy atom. The molecule has 1 aromatic heterocycles. The van der Waals surface area contributed by atoms with E-state index >= 15 is 0 Å². The van der Waals surface area contributed by atoms with Gasteiger partial charge in [0, 0.05) is 10.8 Å². The Balaban J connectivity index is 2.58. The van der Waals surface area contributed by atoms with Crippen molar-refractivity contribution in [2.75, 3.05) is 0 Å². The minimum Gasteiger partial charge on any atom is -0.505 e. The van der Waals surface area contributed by atoms with Crippen molar-refractivity contribution in [1.29, 1.82) is 0 Å². The first-order valence-corrected chi connectivity index (χ1v) is 4.77. The molecule has 2 aromatic carbocycles. The number of benzene rings is 2. The molecule has 0 aliphatic carbocycles. The third kappa shape index (κ3) is 1.22. The molecule has 0 saturated heterocycles. The van der Waals surface area contributed by atoms with Crippen molar-refractivity contribution < 1.29 is 22.7 Å². The van der Waals surface area contributed by atoms with E-state index in [0.29, 0.717) is 0 Å². The number of hydrogen-bond acceptors (Lipinski definition) is 2. The van der Waals surface area contributed by atoms with E-state index in [2.05, 4.69) is 0 Å². The molecule has 86 valence electrons. The fraction of sp³-hybridized carbons (Fsp3) is 0. The van der Waals surface area contributed by atoms with E-state index in [1.165, 1.54) is 12.1 Å². The van der Waals surface area contributed by atoms with Crippen LogP contribution in [-0.4, -0.2) is 5.11 Å². The summed E-state index contributed by atoms with van der Waals surface area (Å²) in [6, 6.07) is 4.76. The first-order chi connectivity index (χ1) is 8.09. The SMILES string of the molecule is Oc1ccc2c(oc3c(F)c(F)ccc32)c1F. The average molecular weight is 238 g/mol. The van der Waals surface area contributed by atoms with E-state index in [1.807, 2.05) is 0 Å². The summed E-state index contributed by atoms with van der Waals surface area (Å²) in [5, 5.41) is 9.71. The minimum atomic E-state index is -1.17. The van der Waals surface area contributed by atoms with E-state index in [4.69, 9.17) is 9.52 Å². The zero-order chi connectivity index (χ0) is 12.2. The van der Waals surface area contributed by atoms with Crippen molar-refractivity contribution in [3.8, 4) is 5.75 Å². The highest BCUT2D eigenvalue weighted by molar-refractivity contribution is 6.05. The van der Waals surface area contributed by atoms with Crippen molar-refractivity contribution in [1.82, 2.24) is 0 Å². The number of phenolic OH excluding ortho intramolecular Hbond substituents is 1. The Hall–Kier alpha value is -2.17. The molecule has 17 heavy (non-hydrogen) atoms. The van der Waals surface area contributed by atoms with Crippen LogP contribution in [0.15, 0.2) is 28.7 Å². The van der Waals surface area contributed by atoms with Crippen LogP contribution in [0.3, 0.4) is 0 Å². The van der Waals surface area contributed by atoms with Gasteiger partial charge in [-0.1, -0.05) is 0 Å². The van der Waals surface area contributed by atoms with E-state index in [1.54, 1.807) is 0 Å². The number of furan rings is 1. The smallest absolute Gasteiger partial charge is 0.207 e. The van der Waals surface area contributed by atoms with E-state index in [0.717, 1.165) is 12.1 Å². The quantitative estimate of drug-likeness (QED) is 0.647. The molecule has 0 amide bonds. The summed E-state index contributed by atoms with van der Waals surface area (Å²) in [7, 11) is 0. The summed E-state index contributed by atoms with van der Waals surface area (Å²) < 4.78 is 44.8. The summed E-state index contributed by atoms with van der Waals surface area (Å²) in [6.45, 7) is 0. The highest BCUT2D eigenvalue weighted by Crippen LogP contribution is 2.35. The van der Waals surface area contributed by atoms with Gasteiger partial charge in [0.1, 0.15) is 0 Å². The lowest BCUT2D eigenvalue weighted by Gasteiger charge is -1.94. The van der Waals surface area contributed by atoms with Gasteiger partial charge >= 0.3 is 0 Å². The zero-order valence-corrected chi connectivity index (χ0v) is 8.30. The van der Waals surface area contributed by atoms with Crippen LogP contribution in [0.25, 0.3) is 21.9 Å². The molecular formula is C12H5F3O2. The number of fused-ring (bicyclic) bond motifs is 3. The molecule has 3 rings (SSSR count). The molecule has 0 spiro atoms. The maximum Gasteiger partial charge on any atom is 0.207 e. The molecule has 0 aliphatic heterocycles. The summed E-state index contributed by atoms with van der Waals surface area (Å²) in [4.78, 5) is 0. The lowest BCUT2D eigenvalue weighted by molar-refractivity contribution is 0.429. The second kappa shape index (κ2) is 3.16. The van der Waals surface area contributed by atoms with Gasteiger partial charge in [-0.15, -0.1) is 0 Å². The van der Waals surface area contributed by atoms with Crippen LogP contribution in [-0.2, 0) is 0 Å². The molecule has 0 bridgehead atoms. The number of aromatic hydroxyl groups is 1. The van der Waals surface area contributed by atoms with Crippen LogP contribution < -0.4 is 0 Å². The van der Waals surface area contributed by atoms with Crippen LogP contribution >= 0.6 is 0 Å². The maximum absolute atomic E-state index is 13.5. The highest BCUT2D eigenvalue weighted by Gasteiger charge is 2.18. The molecule has 3 aromatic rings. The van der Waals surface area contributed by atoms with Gasteiger partial charge in [-0.3, -0.25) is 0 Å². The van der Waals surface area contributed by atoms with Crippen LogP contribution in [0.2, 0.25) is 0 Å². The minimum absolute atomic E-state index is 0.262. The Morgan fingerprint density at radius 3 is 2.12 bits per heavy atom. The molecule has 5 heteroatoms. The summed E-state index contributed by atoms with van der Waals surface area (Å²) in [6.07, 6.45) is 0. The molecule has 1 heterocycles. The molecule has 0 aliphatic rings. The maximum atomic E-state index is 13.5. The Bertz CT molecular complexity index is 684. The normalized spacial score (nSPS) is 11.5. The molecule has 1 N–H and O–H groups in total. The molecule has 0 atom stereocenters. The lowest BCUT2D eigenvalue weighted by Crippen LogP contribution is -1.81. The van der Waals surface area contributed by atoms with Gasteiger partial charge in [-0.05, 0) is 24.3 Å². The largest absolute Gasteiger partial charge is 0.505 e. The van der Waals surface area contributed by atoms with Gasteiger partial charge in [0.05, 0.1) is 0 Å².